The molecule has 2 heterocycles. The molecule has 0 aromatic rings. The van der Waals surface area contributed by atoms with Gasteiger partial charge in [0.2, 0.25) is 0 Å². The Bertz CT molecular complexity index is 625. The van der Waals surface area contributed by atoms with Crippen molar-refractivity contribution >= 4 is 17.8 Å². The largest absolute Gasteiger partial charge is 0.371 e. The summed E-state index contributed by atoms with van der Waals surface area (Å²) in [5.74, 6) is 0.590. The second kappa shape index (κ2) is 4.49. The fourth-order valence-corrected chi connectivity index (χ4v) is 5.11. The van der Waals surface area contributed by atoms with Gasteiger partial charge in [-0.15, -0.1) is 0 Å². The molecule has 5 bridgehead atoms. The molecule has 2 aliphatic carbocycles. The van der Waals surface area contributed by atoms with Crippen molar-refractivity contribution in [1.82, 2.24) is 4.90 Å². The third kappa shape index (κ3) is 1.69. The van der Waals surface area contributed by atoms with Crippen LogP contribution in [0.4, 0.5) is 0 Å². The molecule has 0 N–H and O–H groups in total. The lowest BCUT2D eigenvalue weighted by molar-refractivity contribution is 0.156. The first-order valence-corrected chi connectivity index (χ1v) is 8.53. The first kappa shape index (κ1) is 13.6. The second-order valence-corrected chi connectivity index (χ2v) is 7.49. The van der Waals surface area contributed by atoms with Gasteiger partial charge in [0.15, 0.2) is 0 Å². The summed E-state index contributed by atoms with van der Waals surface area (Å²) in [5.41, 5.74) is 6.27. The van der Waals surface area contributed by atoms with E-state index >= 15 is 0 Å². The van der Waals surface area contributed by atoms with Crippen LogP contribution in [0.3, 0.4) is 0 Å². The monoisotopic (exact) mass is 302 g/mol. The molecule has 0 saturated carbocycles. The average molecular weight is 303 g/mol. The number of likely N-dealkylation sites (tertiary alicyclic amines) is 1. The Morgan fingerprint density at radius 3 is 3.00 bits per heavy atom. The predicted octanol–water partition coefficient (Wildman–Crippen LogP) is 4.29. The van der Waals surface area contributed by atoms with E-state index in [1.54, 1.807) is 16.8 Å². The van der Waals surface area contributed by atoms with Crippen molar-refractivity contribution in [3.8, 4) is 0 Å². The summed E-state index contributed by atoms with van der Waals surface area (Å²) in [6.45, 7) is 8.84. The van der Waals surface area contributed by atoms with Gasteiger partial charge in [-0.25, -0.2) is 0 Å². The van der Waals surface area contributed by atoms with Crippen LogP contribution in [0.15, 0.2) is 38.5 Å². The minimum atomic E-state index is 0.0786. The zero-order chi connectivity index (χ0) is 14.8. The molecule has 0 aromatic heterocycles. The molecule has 0 fully saturated rings. The van der Waals surface area contributed by atoms with Crippen LogP contribution in [0.5, 0.6) is 0 Å². The fourth-order valence-electron chi connectivity index (χ4n) is 4.93. The van der Waals surface area contributed by atoms with E-state index in [0.29, 0.717) is 18.5 Å². The van der Waals surface area contributed by atoms with Crippen LogP contribution in [-0.4, -0.2) is 30.2 Å². The summed E-state index contributed by atoms with van der Waals surface area (Å²) in [5, 5.41) is 0.871. The van der Waals surface area contributed by atoms with Crippen molar-refractivity contribution in [2.45, 2.75) is 46.1 Å². The number of hydrogen-bond acceptors (Lipinski definition) is 2. The molecule has 3 unspecified atom stereocenters. The summed E-state index contributed by atoms with van der Waals surface area (Å²) >= 11 is 6.39. The van der Waals surface area contributed by atoms with Gasteiger partial charge < -0.3 is 4.90 Å². The number of fused-ring (bicyclic) bond motifs is 1. The Morgan fingerprint density at radius 2 is 2.24 bits per heavy atom. The molecule has 0 saturated heterocycles. The van der Waals surface area contributed by atoms with Gasteiger partial charge in [-0.1, -0.05) is 31.0 Å². The lowest BCUT2D eigenvalue weighted by atomic mass is 9.66. The standard InChI is InChI=1S/C18H23ClN2/c1-4-21-16-6-5-15-13-7-12(19)9-20-10-18(15,3)11(2)17(21)8-14(13)16/h7,10-11,17H,4-6,8-9H2,1-3H3/b12-7+,20-10?. The summed E-state index contributed by atoms with van der Waals surface area (Å²) in [6, 6.07) is 0.620. The number of rotatable bonds is 1. The highest BCUT2D eigenvalue weighted by molar-refractivity contribution is 6.30. The molecule has 21 heavy (non-hydrogen) atoms. The minimum absolute atomic E-state index is 0.0786. The summed E-state index contributed by atoms with van der Waals surface area (Å²) < 4.78 is 0. The second-order valence-electron chi connectivity index (χ2n) is 7.01. The normalized spacial score (nSPS) is 40.2. The van der Waals surface area contributed by atoms with E-state index < -0.39 is 0 Å². The van der Waals surface area contributed by atoms with Crippen LogP contribution in [0.1, 0.15) is 40.0 Å². The molecule has 0 amide bonds. The van der Waals surface area contributed by atoms with Crippen LogP contribution in [0.2, 0.25) is 0 Å². The zero-order valence-corrected chi connectivity index (χ0v) is 13.9. The van der Waals surface area contributed by atoms with Gasteiger partial charge >= 0.3 is 0 Å². The molecule has 2 nitrogen and oxygen atoms in total. The first-order chi connectivity index (χ1) is 10.1. The van der Waals surface area contributed by atoms with Crippen LogP contribution in [0.25, 0.3) is 0 Å². The van der Waals surface area contributed by atoms with Crippen molar-refractivity contribution < 1.29 is 0 Å². The molecule has 4 rings (SSSR count). The van der Waals surface area contributed by atoms with E-state index in [0.717, 1.165) is 18.0 Å². The summed E-state index contributed by atoms with van der Waals surface area (Å²) in [7, 11) is 0. The van der Waals surface area contributed by atoms with Crippen LogP contribution in [-0.2, 0) is 0 Å². The van der Waals surface area contributed by atoms with Gasteiger partial charge in [0.1, 0.15) is 0 Å². The lowest BCUT2D eigenvalue weighted by Crippen LogP contribution is -2.46. The Kier molecular flexibility index (Phi) is 2.91. The Morgan fingerprint density at radius 1 is 1.43 bits per heavy atom. The Balaban J connectivity index is 2.02. The van der Waals surface area contributed by atoms with E-state index in [1.807, 2.05) is 0 Å². The average Bonchev–Trinajstić information content (AvgIpc) is 2.81. The zero-order valence-electron chi connectivity index (χ0n) is 13.1. The van der Waals surface area contributed by atoms with Crippen molar-refractivity contribution in [2.24, 2.45) is 16.3 Å². The number of aliphatic imine (C=N–C) groups is 1. The highest BCUT2D eigenvalue weighted by Gasteiger charge is 2.50. The summed E-state index contributed by atoms with van der Waals surface area (Å²) in [4.78, 5) is 7.31. The van der Waals surface area contributed by atoms with Crippen LogP contribution in [0, 0.1) is 11.3 Å². The number of nitrogens with zero attached hydrogens (tertiary/aromatic N) is 2. The first-order valence-electron chi connectivity index (χ1n) is 8.16. The van der Waals surface area contributed by atoms with E-state index in [-0.39, 0.29) is 5.41 Å². The Hall–Kier alpha value is -1.02. The molecular weight excluding hydrogens is 280 g/mol. The van der Waals surface area contributed by atoms with Crippen LogP contribution >= 0.6 is 11.6 Å². The smallest absolute Gasteiger partial charge is 0.0743 e. The van der Waals surface area contributed by atoms with Crippen molar-refractivity contribution in [3.63, 3.8) is 0 Å². The van der Waals surface area contributed by atoms with Crippen molar-refractivity contribution in [1.29, 1.82) is 0 Å². The highest BCUT2D eigenvalue weighted by Crippen LogP contribution is 2.56. The molecule has 3 heteroatoms. The molecular formula is C18H23ClN2. The van der Waals surface area contributed by atoms with Gasteiger partial charge in [-0.05, 0) is 49.3 Å². The van der Waals surface area contributed by atoms with E-state index in [1.165, 1.54) is 18.4 Å². The van der Waals surface area contributed by atoms with E-state index in [2.05, 4.69) is 43.0 Å². The molecule has 3 atom stereocenters. The predicted molar refractivity (Wildman–Crippen MR) is 88.6 cm³/mol. The third-order valence-electron chi connectivity index (χ3n) is 6.19. The number of allylic oxidation sites excluding steroid dienone is 4. The fraction of sp³-hybridized carbons (Fsp3) is 0.611. The highest BCUT2D eigenvalue weighted by atomic mass is 35.5. The van der Waals surface area contributed by atoms with Gasteiger partial charge in [0.25, 0.3) is 0 Å². The molecule has 4 aliphatic rings. The minimum Gasteiger partial charge on any atom is -0.371 e. The van der Waals surface area contributed by atoms with E-state index in [9.17, 15) is 0 Å². The molecule has 2 aliphatic heterocycles. The maximum atomic E-state index is 6.39. The maximum absolute atomic E-state index is 6.39. The van der Waals surface area contributed by atoms with Gasteiger partial charge in [0.05, 0.1) is 6.54 Å². The summed E-state index contributed by atoms with van der Waals surface area (Å²) in [6.07, 6.45) is 7.97. The van der Waals surface area contributed by atoms with Gasteiger partial charge in [-0.2, -0.15) is 0 Å². The van der Waals surface area contributed by atoms with Crippen molar-refractivity contribution in [2.75, 3.05) is 13.1 Å². The topological polar surface area (TPSA) is 15.6 Å². The molecule has 112 valence electrons. The quantitative estimate of drug-likeness (QED) is 0.705. The van der Waals surface area contributed by atoms with Gasteiger partial charge in [0, 0.05) is 34.9 Å². The molecule has 0 radical (unpaired) electrons. The maximum Gasteiger partial charge on any atom is 0.0743 e. The third-order valence-corrected chi connectivity index (χ3v) is 6.42. The molecule has 0 spiro atoms. The number of hydrogen-bond donors (Lipinski definition) is 0. The SMILES string of the molecule is CCN1C2=C3CC1C(C)C1(C)C=NC/C(Cl)=C\C3=C1CC2. The molecule has 0 aromatic carbocycles. The van der Waals surface area contributed by atoms with Crippen LogP contribution < -0.4 is 0 Å². The van der Waals surface area contributed by atoms with E-state index in [4.69, 9.17) is 11.6 Å². The van der Waals surface area contributed by atoms with Crippen molar-refractivity contribution in [3.05, 3.63) is 33.5 Å². The van der Waals surface area contributed by atoms with Gasteiger partial charge in [-0.3, -0.25) is 4.99 Å². The number of halogens is 1. The lowest BCUT2D eigenvalue weighted by Gasteiger charge is -2.46. The Labute approximate surface area is 132 Å².